The van der Waals surface area contributed by atoms with Crippen LogP contribution in [0.4, 0.5) is 11.4 Å². The normalized spacial score (nSPS) is 10.6. The number of hydrogen-bond donors (Lipinski definition) is 1. The molecule has 0 aliphatic heterocycles. The second-order valence-corrected chi connectivity index (χ2v) is 7.76. The summed E-state index contributed by atoms with van der Waals surface area (Å²) in [6, 6.07) is 13.6. The third-order valence-electron chi connectivity index (χ3n) is 4.07. The number of aryl methyl sites for hydroxylation is 1. The number of furan rings is 1. The first-order valence-corrected chi connectivity index (χ1v) is 10.2. The molecule has 1 amide bonds. The van der Waals surface area contributed by atoms with Crippen molar-refractivity contribution in [3.05, 3.63) is 84.7 Å². The zero-order valence-electron chi connectivity index (χ0n) is 15.3. The summed E-state index contributed by atoms with van der Waals surface area (Å²) in [5, 5.41) is 13.6. The van der Waals surface area contributed by atoms with Gasteiger partial charge in [-0.3, -0.25) is 14.9 Å². The predicted octanol–water partition coefficient (Wildman–Crippen LogP) is 6.11. The molecular weight excluding hydrogens is 508 g/mol. The highest BCUT2D eigenvalue weighted by atomic mass is 79.9. The van der Waals surface area contributed by atoms with Crippen LogP contribution in [0.25, 0.3) is 0 Å². The van der Waals surface area contributed by atoms with Crippen molar-refractivity contribution in [3.63, 3.8) is 0 Å². The van der Waals surface area contributed by atoms with Gasteiger partial charge in [0, 0.05) is 21.1 Å². The van der Waals surface area contributed by atoms with Crippen molar-refractivity contribution >= 4 is 49.1 Å². The van der Waals surface area contributed by atoms with Crippen LogP contribution in [0.2, 0.25) is 0 Å². The number of nitrogens with one attached hydrogen (secondary N) is 1. The average Bonchev–Trinajstić information content (AvgIpc) is 3.18. The van der Waals surface area contributed by atoms with Gasteiger partial charge in [-0.05, 0) is 68.1 Å². The van der Waals surface area contributed by atoms with Gasteiger partial charge >= 0.3 is 0 Å². The van der Waals surface area contributed by atoms with Gasteiger partial charge in [-0.15, -0.1) is 0 Å². The molecule has 0 fully saturated rings. The maximum atomic E-state index is 12.5. The summed E-state index contributed by atoms with van der Waals surface area (Å²) in [7, 11) is 0. The van der Waals surface area contributed by atoms with E-state index in [0.29, 0.717) is 26.1 Å². The van der Waals surface area contributed by atoms with E-state index in [1.807, 2.05) is 24.3 Å². The Balaban J connectivity index is 1.65. The van der Waals surface area contributed by atoms with Crippen molar-refractivity contribution in [1.29, 1.82) is 0 Å². The first-order chi connectivity index (χ1) is 13.9. The van der Waals surface area contributed by atoms with Gasteiger partial charge in [-0.1, -0.05) is 19.1 Å². The quantitative estimate of drug-likeness (QED) is 0.298. The average molecular weight is 524 g/mol. The molecule has 0 aliphatic carbocycles. The monoisotopic (exact) mass is 522 g/mol. The fourth-order valence-corrected chi connectivity index (χ4v) is 3.87. The van der Waals surface area contributed by atoms with Gasteiger partial charge in [0.1, 0.15) is 18.1 Å². The van der Waals surface area contributed by atoms with Crippen molar-refractivity contribution in [3.8, 4) is 5.75 Å². The number of hydrogen-bond acceptors (Lipinski definition) is 5. The lowest BCUT2D eigenvalue weighted by Gasteiger charge is -2.08. The molecule has 1 heterocycles. The topological polar surface area (TPSA) is 94.6 Å². The van der Waals surface area contributed by atoms with E-state index in [9.17, 15) is 14.9 Å². The highest BCUT2D eigenvalue weighted by molar-refractivity contribution is 9.11. The van der Waals surface area contributed by atoms with Crippen molar-refractivity contribution < 1.29 is 18.9 Å². The van der Waals surface area contributed by atoms with Crippen molar-refractivity contribution in [2.45, 2.75) is 20.0 Å². The molecule has 3 aromatic rings. The predicted molar refractivity (Wildman–Crippen MR) is 115 cm³/mol. The summed E-state index contributed by atoms with van der Waals surface area (Å²) in [5.41, 5.74) is 1.48. The van der Waals surface area contributed by atoms with E-state index in [1.165, 1.54) is 17.7 Å². The summed E-state index contributed by atoms with van der Waals surface area (Å²) >= 11 is 6.47. The van der Waals surface area contributed by atoms with Gasteiger partial charge in [0.25, 0.3) is 11.6 Å². The molecule has 0 spiro atoms. The largest absolute Gasteiger partial charge is 0.486 e. The number of amides is 1. The van der Waals surface area contributed by atoms with Crippen LogP contribution in [0.5, 0.6) is 5.75 Å². The molecule has 0 saturated carbocycles. The summed E-state index contributed by atoms with van der Waals surface area (Å²) in [4.78, 5) is 22.9. The third-order valence-corrected chi connectivity index (χ3v) is 5.33. The van der Waals surface area contributed by atoms with E-state index >= 15 is 0 Å². The minimum atomic E-state index is -0.518. The Morgan fingerprint density at radius 1 is 1.14 bits per heavy atom. The summed E-state index contributed by atoms with van der Waals surface area (Å²) in [5.74, 6) is 0.820. The Morgan fingerprint density at radius 2 is 1.79 bits per heavy atom. The minimum absolute atomic E-state index is 0.0992. The highest BCUT2D eigenvalue weighted by Crippen LogP contribution is 2.35. The lowest BCUT2D eigenvalue weighted by molar-refractivity contribution is -0.385. The Hall–Kier alpha value is -2.65. The lowest BCUT2D eigenvalue weighted by Crippen LogP contribution is -2.12. The number of benzene rings is 2. The van der Waals surface area contributed by atoms with E-state index in [2.05, 4.69) is 44.1 Å². The Kier molecular flexibility index (Phi) is 6.71. The van der Waals surface area contributed by atoms with E-state index in [0.717, 1.165) is 6.42 Å². The van der Waals surface area contributed by atoms with Crippen LogP contribution in [-0.2, 0) is 13.0 Å². The number of halogens is 2. The zero-order chi connectivity index (χ0) is 21.0. The maximum Gasteiger partial charge on any atom is 0.291 e. The number of ether oxygens (including phenoxy) is 1. The Labute approximate surface area is 183 Å². The van der Waals surface area contributed by atoms with E-state index < -0.39 is 10.8 Å². The lowest BCUT2D eigenvalue weighted by atomic mass is 10.2. The van der Waals surface area contributed by atoms with Crippen LogP contribution in [0.1, 0.15) is 28.8 Å². The van der Waals surface area contributed by atoms with Crippen molar-refractivity contribution in [1.82, 2.24) is 0 Å². The third kappa shape index (κ3) is 5.24. The standard InChI is InChI=1S/C20H16Br2N2O5/c1-2-12-3-5-14(6-4-12)28-11-15-7-8-18(29-15)20(25)23-19-16(21)9-13(24(26)27)10-17(19)22/h3-10H,2,11H2,1H3,(H,23,25). The van der Waals surface area contributed by atoms with Gasteiger partial charge in [0.2, 0.25) is 0 Å². The fraction of sp³-hybridized carbons (Fsp3) is 0.150. The fourth-order valence-electron chi connectivity index (χ4n) is 2.51. The molecule has 1 aromatic heterocycles. The molecule has 7 nitrogen and oxygen atoms in total. The summed E-state index contributed by atoms with van der Waals surface area (Å²) < 4.78 is 12.0. The van der Waals surface area contributed by atoms with E-state index in [-0.39, 0.29) is 18.1 Å². The molecular formula is C20H16Br2N2O5. The van der Waals surface area contributed by atoms with Crippen molar-refractivity contribution in [2.75, 3.05) is 5.32 Å². The number of anilines is 1. The number of rotatable bonds is 7. The van der Waals surface area contributed by atoms with Gasteiger partial charge in [-0.2, -0.15) is 0 Å². The molecule has 0 aliphatic rings. The Morgan fingerprint density at radius 3 is 2.38 bits per heavy atom. The molecule has 0 saturated heterocycles. The number of nitro benzene ring substituents is 1. The molecule has 0 radical (unpaired) electrons. The second-order valence-electron chi connectivity index (χ2n) is 6.05. The Bertz CT molecular complexity index is 1020. The summed E-state index contributed by atoms with van der Waals surface area (Å²) in [6.07, 6.45) is 0.956. The molecule has 150 valence electrons. The van der Waals surface area contributed by atoms with Crippen LogP contribution in [-0.4, -0.2) is 10.8 Å². The molecule has 9 heteroatoms. The molecule has 29 heavy (non-hydrogen) atoms. The van der Waals surface area contributed by atoms with E-state index in [4.69, 9.17) is 9.15 Å². The minimum Gasteiger partial charge on any atom is -0.486 e. The number of carbonyl (C=O) groups is 1. The molecule has 3 rings (SSSR count). The number of nitrogens with zero attached hydrogens (tertiary/aromatic N) is 1. The van der Waals surface area contributed by atoms with Crippen LogP contribution in [0, 0.1) is 10.1 Å². The SMILES string of the molecule is CCc1ccc(OCc2ccc(C(=O)Nc3c(Br)cc([N+](=O)[O-])cc3Br)o2)cc1. The van der Waals surface area contributed by atoms with Gasteiger partial charge in [0.05, 0.1) is 10.6 Å². The first-order valence-electron chi connectivity index (χ1n) is 8.62. The molecule has 0 bridgehead atoms. The van der Waals surface area contributed by atoms with Gasteiger partial charge in [0.15, 0.2) is 5.76 Å². The van der Waals surface area contributed by atoms with Gasteiger partial charge in [-0.25, -0.2) is 0 Å². The molecule has 2 aromatic carbocycles. The highest BCUT2D eigenvalue weighted by Gasteiger charge is 2.18. The maximum absolute atomic E-state index is 12.5. The van der Waals surface area contributed by atoms with Crippen molar-refractivity contribution in [2.24, 2.45) is 0 Å². The molecule has 0 unspecified atom stereocenters. The smallest absolute Gasteiger partial charge is 0.291 e. The first kappa shape index (κ1) is 21.1. The number of carbonyl (C=O) groups excluding carboxylic acids is 1. The van der Waals surface area contributed by atoms with Crippen LogP contribution in [0.3, 0.4) is 0 Å². The molecule has 1 N–H and O–H groups in total. The number of nitro groups is 1. The van der Waals surface area contributed by atoms with Crippen LogP contribution in [0.15, 0.2) is 61.9 Å². The second kappa shape index (κ2) is 9.23. The van der Waals surface area contributed by atoms with Gasteiger partial charge < -0.3 is 14.5 Å². The van der Waals surface area contributed by atoms with Crippen LogP contribution < -0.4 is 10.1 Å². The van der Waals surface area contributed by atoms with E-state index in [1.54, 1.807) is 12.1 Å². The molecule has 0 atom stereocenters. The van der Waals surface area contributed by atoms with Crippen LogP contribution >= 0.6 is 31.9 Å². The summed E-state index contributed by atoms with van der Waals surface area (Å²) in [6.45, 7) is 2.27. The number of non-ortho nitro benzene ring substituents is 1. The zero-order valence-corrected chi connectivity index (χ0v) is 18.4.